The van der Waals surface area contributed by atoms with Gasteiger partial charge in [-0.05, 0) is 42.2 Å². The third-order valence-electron chi connectivity index (χ3n) is 2.38. The molecule has 0 aliphatic carbocycles. The molecule has 0 fully saturated rings. The number of nitrogens with zero attached hydrogens (tertiary/aromatic N) is 1. The Balaban J connectivity index is 2.98. The zero-order chi connectivity index (χ0) is 12.1. The third-order valence-corrected chi connectivity index (χ3v) is 2.96. The molecule has 0 saturated carbocycles. The molecule has 0 spiro atoms. The second-order valence-electron chi connectivity index (χ2n) is 4.40. The van der Waals surface area contributed by atoms with Crippen molar-refractivity contribution in [3.8, 4) is 11.2 Å². The largest absolute Gasteiger partial charge is 0.507 e. The second-order valence-corrected chi connectivity index (χ2v) is 5.16. The van der Waals surface area contributed by atoms with Gasteiger partial charge in [0.15, 0.2) is 0 Å². The third kappa shape index (κ3) is 3.46. The van der Waals surface area contributed by atoms with Gasteiger partial charge >= 0.3 is 0 Å². The lowest BCUT2D eigenvalue weighted by Gasteiger charge is -2.11. The smallest absolute Gasteiger partial charge is 0.133 e. The number of phenolic OH excluding ortho intramolecular Hbond substituents is 1. The zero-order valence-corrected chi connectivity index (χ0v) is 10.8. The van der Waals surface area contributed by atoms with Crippen molar-refractivity contribution in [1.29, 1.82) is 5.26 Å². The summed E-state index contributed by atoms with van der Waals surface area (Å²) in [5.74, 6) is 1.48. The molecule has 0 heterocycles. The summed E-state index contributed by atoms with van der Waals surface area (Å²) in [6, 6.07) is 4.03. The van der Waals surface area contributed by atoms with Crippen LogP contribution in [0.3, 0.4) is 0 Å². The number of nitriles is 1. The van der Waals surface area contributed by atoms with Gasteiger partial charge in [-0.3, -0.25) is 0 Å². The number of phenols is 1. The van der Waals surface area contributed by atoms with Crippen molar-refractivity contribution in [1.82, 2.24) is 0 Å². The molecular weight excluding hydrogens is 218 g/mol. The van der Waals surface area contributed by atoms with E-state index in [1.807, 2.05) is 24.5 Å². The lowest BCUT2D eigenvalue weighted by molar-refractivity contribution is 0.466. The average Bonchev–Trinajstić information content (AvgIpc) is 2.20. The first-order chi connectivity index (χ1) is 7.54. The van der Waals surface area contributed by atoms with Gasteiger partial charge in [0.1, 0.15) is 11.2 Å². The predicted molar refractivity (Wildman–Crippen MR) is 68.3 cm³/mol. The van der Waals surface area contributed by atoms with Crippen molar-refractivity contribution < 1.29 is 5.11 Å². The molecule has 86 valence electrons. The van der Waals surface area contributed by atoms with E-state index in [1.165, 1.54) is 5.56 Å². The Morgan fingerprint density at radius 1 is 1.44 bits per heavy atom. The van der Waals surface area contributed by atoms with Crippen LogP contribution in [0.4, 0.5) is 0 Å². The number of aromatic hydroxyl groups is 1. The summed E-state index contributed by atoms with van der Waals surface area (Å²) in [4.78, 5) is 0. The van der Waals surface area contributed by atoms with E-state index in [4.69, 9.17) is 5.26 Å². The van der Waals surface area contributed by atoms with Crippen LogP contribution < -0.4 is 0 Å². The zero-order valence-electron chi connectivity index (χ0n) is 9.95. The summed E-state index contributed by atoms with van der Waals surface area (Å²) in [6.07, 6.45) is 1.01. The van der Waals surface area contributed by atoms with Gasteiger partial charge in [0.25, 0.3) is 0 Å². The highest BCUT2D eigenvalue weighted by atomic mass is 32.2. The van der Waals surface area contributed by atoms with Gasteiger partial charge in [-0.2, -0.15) is 5.26 Å². The van der Waals surface area contributed by atoms with Gasteiger partial charge in [-0.1, -0.05) is 26.0 Å². The highest BCUT2D eigenvalue weighted by molar-refractivity contribution is 8.02. The lowest BCUT2D eigenvalue weighted by atomic mass is 9.98. The van der Waals surface area contributed by atoms with Gasteiger partial charge in [-0.25, -0.2) is 0 Å². The Labute approximate surface area is 101 Å². The van der Waals surface area contributed by atoms with Crippen LogP contribution in [0.25, 0.3) is 0 Å². The molecule has 1 aromatic rings. The Morgan fingerprint density at radius 3 is 2.69 bits per heavy atom. The maximum atomic E-state index is 9.86. The van der Waals surface area contributed by atoms with E-state index in [0.717, 1.165) is 29.3 Å². The Morgan fingerprint density at radius 2 is 2.12 bits per heavy atom. The second kappa shape index (κ2) is 5.81. The van der Waals surface area contributed by atoms with E-state index in [1.54, 1.807) is 0 Å². The molecule has 1 N–H and O–H groups in total. The molecule has 2 nitrogen and oxygen atoms in total. The highest BCUT2D eigenvalue weighted by Crippen LogP contribution is 2.28. The van der Waals surface area contributed by atoms with Crippen LogP contribution in [-0.2, 0) is 12.2 Å². The number of benzene rings is 1. The van der Waals surface area contributed by atoms with Crippen molar-refractivity contribution in [3.63, 3.8) is 0 Å². The standard InChI is InChI=1S/C13H17NOS/c1-9(2)4-11-5-10(3)13(15)12(6-11)7-16-8-14/h5-6,9,15H,4,7H2,1-3H3. The topological polar surface area (TPSA) is 44.0 Å². The van der Waals surface area contributed by atoms with Crippen LogP contribution in [0.1, 0.15) is 30.5 Å². The molecule has 1 aromatic carbocycles. The molecular formula is C13H17NOS. The molecule has 0 saturated heterocycles. The quantitative estimate of drug-likeness (QED) is 0.811. The number of thiocyanates is 1. The van der Waals surface area contributed by atoms with Gasteiger partial charge in [0, 0.05) is 11.3 Å². The van der Waals surface area contributed by atoms with Crippen LogP contribution in [0.5, 0.6) is 5.75 Å². The fraction of sp³-hybridized carbons (Fsp3) is 0.462. The summed E-state index contributed by atoms with van der Waals surface area (Å²) in [5, 5.41) is 20.4. The summed E-state index contributed by atoms with van der Waals surface area (Å²) in [6.45, 7) is 6.25. The first-order valence-corrected chi connectivity index (χ1v) is 6.35. The number of hydrogen-bond acceptors (Lipinski definition) is 3. The number of hydrogen-bond donors (Lipinski definition) is 1. The van der Waals surface area contributed by atoms with Gasteiger partial charge in [-0.15, -0.1) is 0 Å². The van der Waals surface area contributed by atoms with Crippen LogP contribution >= 0.6 is 11.8 Å². The maximum Gasteiger partial charge on any atom is 0.133 e. The minimum absolute atomic E-state index is 0.329. The number of aryl methyl sites for hydroxylation is 1. The van der Waals surface area contributed by atoms with Gasteiger partial charge in [0.05, 0.1) is 0 Å². The fourth-order valence-electron chi connectivity index (χ4n) is 1.74. The predicted octanol–water partition coefficient (Wildman–Crippen LogP) is 3.61. The van der Waals surface area contributed by atoms with Crippen LogP contribution in [-0.4, -0.2) is 5.11 Å². The van der Waals surface area contributed by atoms with Crippen molar-refractivity contribution in [2.45, 2.75) is 32.9 Å². The molecule has 0 amide bonds. The van der Waals surface area contributed by atoms with Crippen molar-refractivity contribution in [3.05, 3.63) is 28.8 Å². The summed E-state index contributed by atoms with van der Waals surface area (Å²) in [5.41, 5.74) is 2.99. The molecule has 0 aliphatic rings. The minimum Gasteiger partial charge on any atom is -0.507 e. The molecule has 3 heteroatoms. The Bertz CT molecular complexity index is 407. The molecule has 0 aromatic heterocycles. The fourth-order valence-corrected chi connectivity index (χ4v) is 2.18. The van der Waals surface area contributed by atoms with E-state index in [0.29, 0.717) is 17.4 Å². The molecule has 0 unspecified atom stereocenters. The van der Waals surface area contributed by atoms with Crippen LogP contribution in [0, 0.1) is 23.5 Å². The summed E-state index contributed by atoms with van der Waals surface area (Å²) < 4.78 is 0. The molecule has 0 atom stereocenters. The molecule has 0 radical (unpaired) electrons. The molecule has 0 aliphatic heterocycles. The SMILES string of the molecule is Cc1cc(CC(C)C)cc(CSC#N)c1O. The monoisotopic (exact) mass is 235 g/mol. The van der Waals surface area contributed by atoms with Gasteiger partial charge < -0.3 is 5.11 Å². The van der Waals surface area contributed by atoms with E-state index in [-0.39, 0.29) is 0 Å². The maximum absolute atomic E-state index is 9.86. The normalized spacial score (nSPS) is 10.4. The van der Waals surface area contributed by atoms with E-state index in [9.17, 15) is 5.11 Å². The van der Waals surface area contributed by atoms with Crippen molar-refractivity contribution >= 4 is 11.8 Å². The molecule has 0 bridgehead atoms. The number of thioether (sulfide) groups is 1. The summed E-state index contributed by atoms with van der Waals surface area (Å²) in [7, 11) is 0. The van der Waals surface area contributed by atoms with Crippen molar-refractivity contribution in [2.75, 3.05) is 0 Å². The lowest BCUT2D eigenvalue weighted by Crippen LogP contribution is -1.97. The average molecular weight is 235 g/mol. The first-order valence-electron chi connectivity index (χ1n) is 5.36. The van der Waals surface area contributed by atoms with Crippen molar-refractivity contribution in [2.24, 2.45) is 5.92 Å². The minimum atomic E-state index is 0.329. The first kappa shape index (κ1) is 12.9. The molecule has 1 rings (SSSR count). The summed E-state index contributed by atoms with van der Waals surface area (Å²) >= 11 is 1.16. The Hall–Kier alpha value is -1.14. The Kier molecular flexibility index (Phi) is 4.70. The van der Waals surface area contributed by atoms with Gasteiger partial charge in [0.2, 0.25) is 0 Å². The van der Waals surface area contributed by atoms with Crippen LogP contribution in [0.2, 0.25) is 0 Å². The van der Waals surface area contributed by atoms with E-state index in [2.05, 4.69) is 13.8 Å². The van der Waals surface area contributed by atoms with E-state index >= 15 is 0 Å². The number of rotatable bonds is 4. The van der Waals surface area contributed by atoms with E-state index < -0.39 is 0 Å². The molecule has 16 heavy (non-hydrogen) atoms. The highest BCUT2D eigenvalue weighted by Gasteiger charge is 2.08. The van der Waals surface area contributed by atoms with Crippen LogP contribution in [0.15, 0.2) is 12.1 Å².